The number of nitrogens with zero attached hydrogens (tertiary/aromatic N) is 3. The molecule has 0 saturated heterocycles. The molecule has 19 heavy (non-hydrogen) atoms. The molecule has 0 bridgehead atoms. The summed E-state index contributed by atoms with van der Waals surface area (Å²) >= 11 is 11.7. The van der Waals surface area contributed by atoms with Gasteiger partial charge < -0.3 is 9.94 Å². The van der Waals surface area contributed by atoms with E-state index in [9.17, 15) is 5.21 Å². The van der Waals surface area contributed by atoms with Crippen molar-refractivity contribution in [3.63, 3.8) is 0 Å². The van der Waals surface area contributed by atoms with E-state index in [1.807, 2.05) is 0 Å². The molecule has 0 fully saturated rings. The molecule has 0 aliphatic carbocycles. The van der Waals surface area contributed by atoms with Crippen LogP contribution < -0.4 is 9.64 Å². The second kappa shape index (κ2) is 4.56. The Hall–Kier alpha value is -2.05. The van der Waals surface area contributed by atoms with Crippen LogP contribution in [0.4, 0.5) is 0 Å². The van der Waals surface area contributed by atoms with Crippen LogP contribution in [0.2, 0.25) is 10.0 Å². The number of aromatic nitrogens is 3. The van der Waals surface area contributed by atoms with E-state index in [1.165, 1.54) is 18.3 Å². The lowest BCUT2D eigenvalue weighted by atomic mass is 10.3. The lowest BCUT2D eigenvalue weighted by Crippen LogP contribution is -2.22. The van der Waals surface area contributed by atoms with Gasteiger partial charge in [0, 0.05) is 17.4 Å². The van der Waals surface area contributed by atoms with Crippen molar-refractivity contribution in [2.45, 2.75) is 0 Å². The van der Waals surface area contributed by atoms with Crippen LogP contribution in [-0.2, 0) is 0 Å². The van der Waals surface area contributed by atoms with Gasteiger partial charge in [0.05, 0.1) is 5.02 Å². The van der Waals surface area contributed by atoms with Crippen molar-refractivity contribution >= 4 is 34.2 Å². The predicted octanol–water partition coefficient (Wildman–Crippen LogP) is 2.96. The summed E-state index contributed by atoms with van der Waals surface area (Å²) < 4.78 is 9.94. The van der Waals surface area contributed by atoms with Crippen LogP contribution in [0.15, 0.2) is 35.1 Å². The van der Waals surface area contributed by atoms with Crippen molar-refractivity contribution in [2.75, 3.05) is 0 Å². The first-order valence-electron chi connectivity index (χ1n) is 5.12. The molecule has 8 heteroatoms. The molecule has 0 saturated carbocycles. The summed E-state index contributed by atoms with van der Waals surface area (Å²) in [5, 5.41) is 15.4. The van der Waals surface area contributed by atoms with Crippen LogP contribution in [0.25, 0.3) is 11.0 Å². The Morgan fingerprint density at radius 1 is 1.26 bits per heavy atom. The normalized spacial score (nSPS) is 10.8. The molecule has 0 aliphatic rings. The van der Waals surface area contributed by atoms with Crippen molar-refractivity contribution in [1.29, 1.82) is 0 Å². The van der Waals surface area contributed by atoms with Crippen molar-refractivity contribution in [3.8, 4) is 11.6 Å². The van der Waals surface area contributed by atoms with Gasteiger partial charge in [-0.2, -0.15) is 0 Å². The number of ether oxygens (including phenoxy) is 1. The zero-order valence-electron chi connectivity index (χ0n) is 9.21. The van der Waals surface area contributed by atoms with Gasteiger partial charge in [0.1, 0.15) is 10.8 Å². The quantitative estimate of drug-likeness (QED) is 0.680. The molecule has 96 valence electrons. The van der Waals surface area contributed by atoms with E-state index in [2.05, 4.69) is 14.8 Å². The molecule has 0 N–H and O–H groups in total. The largest absolute Gasteiger partial charge is 0.437 e. The summed E-state index contributed by atoms with van der Waals surface area (Å²) in [7, 11) is 0. The maximum Gasteiger partial charge on any atom is 0.252 e. The molecule has 1 aromatic carbocycles. The third kappa shape index (κ3) is 2.27. The molecule has 0 radical (unpaired) electrons. The second-order valence-corrected chi connectivity index (χ2v) is 4.47. The molecule has 2 heterocycles. The average Bonchev–Trinajstić information content (AvgIpc) is 2.74. The summed E-state index contributed by atoms with van der Waals surface area (Å²) in [5.41, 5.74) is 0.681. The smallest absolute Gasteiger partial charge is 0.252 e. The number of benzene rings is 1. The summed E-state index contributed by atoms with van der Waals surface area (Å²) in [6.07, 6.45) is 1.42. The van der Waals surface area contributed by atoms with Gasteiger partial charge in [-0.05, 0) is 23.1 Å². The van der Waals surface area contributed by atoms with E-state index in [-0.39, 0.29) is 10.9 Å². The third-order valence-electron chi connectivity index (χ3n) is 2.35. The first kappa shape index (κ1) is 12.0. The van der Waals surface area contributed by atoms with E-state index in [0.29, 0.717) is 26.7 Å². The van der Waals surface area contributed by atoms with Crippen molar-refractivity contribution < 1.29 is 14.3 Å². The predicted molar refractivity (Wildman–Crippen MR) is 67.3 cm³/mol. The minimum absolute atomic E-state index is 0.212. The molecule has 3 aromatic rings. The molecule has 6 nitrogen and oxygen atoms in total. The van der Waals surface area contributed by atoms with Crippen LogP contribution in [-0.4, -0.2) is 10.1 Å². The Bertz CT molecular complexity index is 760. The van der Waals surface area contributed by atoms with Crippen molar-refractivity contribution in [3.05, 3.63) is 45.7 Å². The Balaban J connectivity index is 1.96. The topological polar surface area (TPSA) is 75.1 Å². The monoisotopic (exact) mass is 297 g/mol. The number of halogens is 2. The van der Waals surface area contributed by atoms with E-state index in [1.54, 1.807) is 12.1 Å². The van der Waals surface area contributed by atoms with E-state index >= 15 is 0 Å². The fourth-order valence-corrected chi connectivity index (χ4v) is 1.93. The number of fused-ring (bicyclic) bond motifs is 1. The van der Waals surface area contributed by atoms with Gasteiger partial charge in [-0.15, -0.1) is 0 Å². The molecular formula is C11H5Cl2N3O3. The summed E-state index contributed by atoms with van der Waals surface area (Å²) in [6, 6.07) is 6.17. The molecule has 0 unspecified atom stereocenters. The Labute approximate surface area is 116 Å². The zero-order valence-corrected chi connectivity index (χ0v) is 10.7. The van der Waals surface area contributed by atoms with E-state index in [4.69, 9.17) is 27.9 Å². The minimum Gasteiger partial charge on any atom is -0.437 e. The molecule has 0 spiro atoms. The summed E-state index contributed by atoms with van der Waals surface area (Å²) in [6.45, 7) is 0. The van der Waals surface area contributed by atoms with Gasteiger partial charge >= 0.3 is 0 Å². The van der Waals surface area contributed by atoms with Crippen molar-refractivity contribution in [2.24, 2.45) is 0 Å². The maximum atomic E-state index is 11.1. The van der Waals surface area contributed by atoms with Gasteiger partial charge in [0.25, 0.3) is 5.52 Å². The highest BCUT2D eigenvalue weighted by molar-refractivity contribution is 6.35. The fourth-order valence-electron chi connectivity index (χ4n) is 1.51. The number of rotatable bonds is 2. The SMILES string of the molecule is [O-][n+]1onc2cc(Oc3ncc(Cl)cc3Cl)ccc21. The van der Waals surface area contributed by atoms with Gasteiger partial charge in [-0.25, -0.2) is 4.98 Å². The van der Waals surface area contributed by atoms with Gasteiger partial charge in [-0.3, -0.25) is 4.63 Å². The highest BCUT2D eigenvalue weighted by Gasteiger charge is 2.12. The first-order chi connectivity index (χ1) is 9.13. The Morgan fingerprint density at radius 2 is 2.11 bits per heavy atom. The average molecular weight is 298 g/mol. The first-order valence-corrected chi connectivity index (χ1v) is 5.87. The molecule has 0 aliphatic heterocycles. The molecular weight excluding hydrogens is 293 g/mol. The van der Waals surface area contributed by atoms with Gasteiger partial charge in [0.15, 0.2) is 0 Å². The third-order valence-corrected chi connectivity index (χ3v) is 2.82. The molecule has 0 atom stereocenters. The van der Waals surface area contributed by atoms with Crippen molar-refractivity contribution in [1.82, 2.24) is 10.1 Å². The highest BCUT2D eigenvalue weighted by Crippen LogP contribution is 2.29. The van der Waals surface area contributed by atoms with Crippen LogP contribution >= 0.6 is 23.2 Å². The van der Waals surface area contributed by atoms with Crippen LogP contribution in [0.3, 0.4) is 0 Å². The standard InChI is InChI=1S/C11H5Cl2N3O3/c12-6-3-8(13)11(14-5-6)18-7-1-2-10-9(4-7)15-19-16(10)17/h1-5H. The second-order valence-electron chi connectivity index (χ2n) is 3.62. The Kier molecular flexibility index (Phi) is 2.88. The van der Waals surface area contributed by atoms with E-state index in [0.717, 1.165) is 0 Å². The maximum absolute atomic E-state index is 11.1. The van der Waals surface area contributed by atoms with Crippen LogP contribution in [0.5, 0.6) is 11.6 Å². The molecule has 2 aromatic heterocycles. The molecule has 3 rings (SSSR count). The Morgan fingerprint density at radius 3 is 2.89 bits per heavy atom. The van der Waals surface area contributed by atoms with Crippen LogP contribution in [0, 0.1) is 5.21 Å². The van der Waals surface area contributed by atoms with Crippen LogP contribution in [0.1, 0.15) is 0 Å². The van der Waals surface area contributed by atoms with E-state index < -0.39 is 0 Å². The number of pyridine rings is 1. The highest BCUT2D eigenvalue weighted by atomic mass is 35.5. The molecule has 0 amide bonds. The zero-order chi connectivity index (χ0) is 13.4. The lowest BCUT2D eigenvalue weighted by molar-refractivity contribution is -0.782. The fraction of sp³-hybridized carbons (Fsp3) is 0. The minimum atomic E-state index is 0.212. The number of hydrogen-bond donors (Lipinski definition) is 0. The van der Waals surface area contributed by atoms with Gasteiger partial charge in [0.2, 0.25) is 11.4 Å². The summed E-state index contributed by atoms with van der Waals surface area (Å²) in [4.78, 5) is 4.27. The number of hydrogen-bond acceptors (Lipinski definition) is 5. The van der Waals surface area contributed by atoms with Gasteiger partial charge in [-0.1, -0.05) is 23.2 Å². The lowest BCUT2D eigenvalue weighted by Gasteiger charge is -2.05. The summed E-state index contributed by atoms with van der Waals surface area (Å²) in [5.74, 6) is 0.641.